The van der Waals surface area contributed by atoms with Crippen LogP contribution < -0.4 is 0 Å². The predicted octanol–water partition coefficient (Wildman–Crippen LogP) is 2.06. The van der Waals surface area contributed by atoms with Crippen LogP contribution in [-0.2, 0) is 9.59 Å². The molecule has 3 atom stereocenters. The van der Waals surface area contributed by atoms with Gasteiger partial charge in [0.05, 0.1) is 11.8 Å². The van der Waals surface area contributed by atoms with Gasteiger partial charge in [0.2, 0.25) is 5.91 Å². The molecule has 0 aromatic rings. The van der Waals surface area contributed by atoms with Gasteiger partial charge in [0, 0.05) is 13.1 Å². The summed E-state index contributed by atoms with van der Waals surface area (Å²) in [7, 11) is 0. The number of carboxylic acid groups (broad SMARTS) is 1. The largest absolute Gasteiger partial charge is 0.481 e. The molecule has 1 N–H and O–H groups in total. The zero-order valence-corrected chi connectivity index (χ0v) is 11.2. The number of carbonyl (C=O) groups excluding carboxylic acids is 1. The summed E-state index contributed by atoms with van der Waals surface area (Å²) in [6.45, 7) is 1.64. The molecule has 0 bridgehead atoms. The maximum Gasteiger partial charge on any atom is 0.307 e. The number of piperidine rings is 1. The summed E-state index contributed by atoms with van der Waals surface area (Å²) in [5, 5.41) is 8.93. The first-order chi connectivity index (χ1) is 9.11. The second kappa shape index (κ2) is 4.66. The molecule has 4 nitrogen and oxygen atoms in total. The first kappa shape index (κ1) is 12.7. The van der Waals surface area contributed by atoms with E-state index in [1.54, 1.807) is 0 Å². The van der Waals surface area contributed by atoms with Crippen LogP contribution in [0.1, 0.15) is 38.5 Å². The fourth-order valence-corrected chi connectivity index (χ4v) is 3.68. The normalized spacial score (nSPS) is 37.4. The lowest BCUT2D eigenvalue weighted by molar-refractivity contribution is -0.143. The Morgan fingerprint density at radius 3 is 2.68 bits per heavy atom. The fourth-order valence-electron chi connectivity index (χ4n) is 3.68. The zero-order chi connectivity index (χ0) is 13.5. The Hall–Kier alpha value is -1.32. The van der Waals surface area contributed by atoms with Gasteiger partial charge in [-0.05, 0) is 43.9 Å². The molecule has 0 aromatic heterocycles. The molecule has 4 heteroatoms. The van der Waals surface area contributed by atoms with E-state index in [1.165, 1.54) is 12.8 Å². The van der Waals surface area contributed by atoms with E-state index in [0.717, 1.165) is 32.4 Å². The number of hydrogen-bond acceptors (Lipinski definition) is 2. The van der Waals surface area contributed by atoms with Gasteiger partial charge >= 0.3 is 5.97 Å². The lowest BCUT2D eigenvalue weighted by atomic mass is 9.71. The summed E-state index contributed by atoms with van der Waals surface area (Å²) in [5.41, 5.74) is 0.274. The second-order valence-corrected chi connectivity index (χ2v) is 6.36. The minimum absolute atomic E-state index is 0.0843. The molecule has 1 spiro atoms. The number of hydrogen-bond donors (Lipinski definition) is 1. The van der Waals surface area contributed by atoms with Gasteiger partial charge in [0.1, 0.15) is 0 Å². The number of aliphatic carboxylic acids is 1. The molecule has 1 heterocycles. The Morgan fingerprint density at radius 1 is 1.21 bits per heavy atom. The molecule has 1 saturated heterocycles. The summed E-state index contributed by atoms with van der Waals surface area (Å²) in [5.74, 6) is -1.39. The first-order valence-electron chi connectivity index (χ1n) is 7.28. The predicted molar refractivity (Wildman–Crippen MR) is 70.5 cm³/mol. The Kier molecular flexibility index (Phi) is 3.11. The molecule has 3 rings (SSSR count). The number of nitrogens with zero attached hydrogens (tertiary/aromatic N) is 1. The van der Waals surface area contributed by atoms with Gasteiger partial charge in [-0.1, -0.05) is 12.2 Å². The van der Waals surface area contributed by atoms with Crippen molar-refractivity contribution in [2.75, 3.05) is 13.1 Å². The highest BCUT2D eigenvalue weighted by Gasteiger charge is 2.51. The third-order valence-electron chi connectivity index (χ3n) is 4.96. The zero-order valence-electron chi connectivity index (χ0n) is 11.2. The number of allylic oxidation sites excluding steroid dienone is 2. The Morgan fingerprint density at radius 2 is 2.05 bits per heavy atom. The third kappa shape index (κ3) is 2.40. The van der Waals surface area contributed by atoms with Crippen molar-refractivity contribution in [2.45, 2.75) is 38.5 Å². The average Bonchev–Trinajstić information content (AvgIpc) is 3.19. The molecule has 104 valence electrons. The molecule has 1 aliphatic heterocycles. The topological polar surface area (TPSA) is 57.6 Å². The fraction of sp³-hybridized carbons (Fsp3) is 0.733. The van der Waals surface area contributed by atoms with Crippen LogP contribution in [0.2, 0.25) is 0 Å². The van der Waals surface area contributed by atoms with Crippen LogP contribution >= 0.6 is 0 Å². The van der Waals surface area contributed by atoms with Gasteiger partial charge in [0.15, 0.2) is 0 Å². The van der Waals surface area contributed by atoms with E-state index in [0.29, 0.717) is 6.42 Å². The lowest BCUT2D eigenvalue weighted by Crippen LogP contribution is -2.47. The monoisotopic (exact) mass is 263 g/mol. The van der Waals surface area contributed by atoms with Crippen LogP contribution in [0.15, 0.2) is 12.2 Å². The Labute approximate surface area is 113 Å². The maximum absolute atomic E-state index is 12.3. The molecule has 2 fully saturated rings. The van der Waals surface area contributed by atoms with Crippen molar-refractivity contribution < 1.29 is 14.7 Å². The smallest absolute Gasteiger partial charge is 0.307 e. The number of carbonyl (C=O) groups is 2. The van der Waals surface area contributed by atoms with Crippen molar-refractivity contribution in [2.24, 2.45) is 17.3 Å². The first-order valence-corrected chi connectivity index (χ1v) is 7.28. The molecule has 2 aliphatic carbocycles. The van der Waals surface area contributed by atoms with Crippen LogP contribution in [0.4, 0.5) is 0 Å². The molecule has 0 radical (unpaired) electrons. The SMILES string of the molecule is O=C(O)C1CC1C(=O)N1CCCC2(CC=CCC2)C1. The summed E-state index contributed by atoms with van der Waals surface area (Å²) in [6.07, 6.45) is 10.6. The quantitative estimate of drug-likeness (QED) is 0.776. The van der Waals surface area contributed by atoms with E-state index in [9.17, 15) is 9.59 Å². The van der Waals surface area contributed by atoms with Crippen molar-refractivity contribution in [3.8, 4) is 0 Å². The van der Waals surface area contributed by atoms with E-state index >= 15 is 0 Å². The van der Waals surface area contributed by atoms with Gasteiger partial charge in [-0.15, -0.1) is 0 Å². The van der Waals surface area contributed by atoms with Gasteiger partial charge in [-0.3, -0.25) is 9.59 Å². The second-order valence-electron chi connectivity index (χ2n) is 6.36. The molecule has 0 aromatic carbocycles. The van der Waals surface area contributed by atoms with Gasteiger partial charge in [-0.25, -0.2) is 0 Å². The lowest BCUT2D eigenvalue weighted by Gasteiger charge is -2.44. The molecule has 3 aliphatic rings. The molecule has 1 saturated carbocycles. The van der Waals surface area contributed by atoms with Crippen LogP contribution in [0.25, 0.3) is 0 Å². The Bertz CT molecular complexity index is 431. The third-order valence-corrected chi connectivity index (χ3v) is 4.96. The molecular formula is C15H21NO3. The summed E-state index contributed by atoms with van der Waals surface area (Å²) >= 11 is 0. The molecular weight excluding hydrogens is 242 g/mol. The van der Waals surface area contributed by atoms with Crippen molar-refractivity contribution in [1.29, 1.82) is 0 Å². The molecule has 1 amide bonds. The van der Waals surface area contributed by atoms with Crippen LogP contribution in [0, 0.1) is 17.3 Å². The van der Waals surface area contributed by atoms with Crippen molar-refractivity contribution in [3.05, 3.63) is 12.2 Å². The van der Waals surface area contributed by atoms with E-state index in [4.69, 9.17) is 5.11 Å². The van der Waals surface area contributed by atoms with Crippen molar-refractivity contribution >= 4 is 11.9 Å². The van der Waals surface area contributed by atoms with Crippen LogP contribution in [0.3, 0.4) is 0 Å². The van der Waals surface area contributed by atoms with E-state index in [-0.39, 0.29) is 17.2 Å². The van der Waals surface area contributed by atoms with Gasteiger partial charge in [0.25, 0.3) is 0 Å². The van der Waals surface area contributed by atoms with Crippen LogP contribution in [-0.4, -0.2) is 35.0 Å². The molecule has 19 heavy (non-hydrogen) atoms. The van der Waals surface area contributed by atoms with E-state index in [1.807, 2.05) is 4.90 Å². The van der Waals surface area contributed by atoms with E-state index < -0.39 is 11.9 Å². The van der Waals surface area contributed by atoms with Crippen molar-refractivity contribution in [3.63, 3.8) is 0 Å². The van der Waals surface area contributed by atoms with Crippen molar-refractivity contribution in [1.82, 2.24) is 4.90 Å². The summed E-state index contributed by atoms with van der Waals surface area (Å²) in [4.78, 5) is 25.2. The molecule has 3 unspecified atom stereocenters. The number of amides is 1. The highest BCUT2D eigenvalue weighted by atomic mass is 16.4. The van der Waals surface area contributed by atoms with Gasteiger partial charge in [-0.2, -0.15) is 0 Å². The maximum atomic E-state index is 12.3. The minimum Gasteiger partial charge on any atom is -0.481 e. The Balaban J connectivity index is 1.64. The van der Waals surface area contributed by atoms with Crippen LogP contribution in [0.5, 0.6) is 0 Å². The van der Waals surface area contributed by atoms with E-state index in [2.05, 4.69) is 12.2 Å². The number of carboxylic acids is 1. The number of likely N-dealkylation sites (tertiary alicyclic amines) is 1. The summed E-state index contributed by atoms with van der Waals surface area (Å²) < 4.78 is 0. The highest BCUT2D eigenvalue weighted by Crippen LogP contribution is 2.44. The average molecular weight is 263 g/mol. The van der Waals surface area contributed by atoms with Gasteiger partial charge < -0.3 is 10.0 Å². The number of rotatable bonds is 2. The summed E-state index contributed by atoms with van der Waals surface area (Å²) in [6, 6.07) is 0. The standard InChI is InChI=1S/C15H21NO3/c17-13(11-9-12(11)14(18)19)16-8-4-7-15(10-16)5-2-1-3-6-15/h1-2,11-12H,3-10H2,(H,18,19). The minimum atomic E-state index is -0.814. The highest BCUT2D eigenvalue weighted by molar-refractivity contribution is 5.89.